The summed E-state index contributed by atoms with van der Waals surface area (Å²) in [6.07, 6.45) is 3.91. The number of hydrogen-bond donors (Lipinski definition) is 4. The van der Waals surface area contributed by atoms with Crippen LogP contribution in [-0.4, -0.2) is 50.2 Å². The van der Waals surface area contributed by atoms with Crippen LogP contribution in [0.25, 0.3) is 10.9 Å². The molecule has 0 fully saturated rings. The summed E-state index contributed by atoms with van der Waals surface area (Å²) in [4.78, 5) is 15.0. The molecule has 1 unspecified atom stereocenters. The third-order valence-electron chi connectivity index (χ3n) is 5.00. The lowest BCUT2D eigenvalue weighted by molar-refractivity contribution is 0.0949. The zero-order valence-electron chi connectivity index (χ0n) is 17.7. The van der Waals surface area contributed by atoms with Crippen LogP contribution in [0.3, 0.4) is 0 Å². The number of carbonyl (C=O) groups excluding carboxylic acids is 1. The molecule has 1 atom stereocenters. The largest absolute Gasteiger partial charge is 0.497 e. The van der Waals surface area contributed by atoms with E-state index in [1.54, 1.807) is 13.3 Å². The van der Waals surface area contributed by atoms with E-state index in [9.17, 15) is 17.8 Å². The van der Waals surface area contributed by atoms with Gasteiger partial charge in [0.2, 0.25) is 0 Å². The second kappa shape index (κ2) is 10.5. The lowest BCUT2D eigenvalue weighted by Gasteiger charge is -2.13. The number of carbonyl (C=O) groups is 1. The van der Waals surface area contributed by atoms with Crippen LogP contribution in [0.4, 0.5) is 0 Å². The van der Waals surface area contributed by atoms with Gasteiger partial charge in [0.15, 0.2) is 0 Å². The van der Waals surface area contributed by atoms with Crippen LogP contribution in [0.2, 0.25) is 0 Å². The predicted molar refractivity (Wildman–Crippen MR) is 121 cm³/mol. The molecule has 0 radical (unpaired) electrons. The number of amides is 1. The van der Waals surface area contributed by atoms with Crippen LogP contribution in [0.15, 0.2) is 53.6 Å². The summed E-state index contributed by atoms with van der Waals surface area (Å²) in [5, 5.41) is 3.59. The summed E-state index contributed by atoms with van der Waals surface area (Å²) in [5.41, 5.74) is 7.01. The first-order valence-electron chi connectivity index (χ1n) is 10.2. The molecule has 0 aliphatic heterocycles. The molecule has 0 spiro atoms. The van der Waals surface area contributed by atoms with Crippen molar-refractivity contribution in [1.82, 2.24) is 10.3 Å². The van der Waals surface area contributed by atoms with Crippen LogP contribution in [0.1, 0.15) is 29.6 Å². The number of ether oxygens (including phenoxy) is 2. The standard InChI is InChI=1S/C22H27N3O6S/c1-30-16-9-10-19-18(12-16)20(13-25-19)31-14-15(23)6-4-5-11-24-22(26)17-7-2-3-8-21(17)32(27,28)29/h2-3,7-10,12-13,15,25H,4-6,11,14,23H2,1H3,(H,24,26)(H,27,28,29). The Kier molecular flexibility index (Phi) is 7.73. The van der Waals surface area contributed by atoms with Gasteiger partial charge in [-0.25, -0.2) is 0 Å². The molecule has 1 amide bonds. The lowest BCUT2D eigenvalue weighted by Crippen LogP contribution is -2.29. The number of aromatic nitrogens is 1. The molecule has 10 heteroatoms. The predicted octanol–water partition coefficient (Wildman–Crippen LogP) is 2.73. The SMILES string of the molecule is COc1ccc2[nH]cc(OCC(N)CCCCNC(=O)c3ccccc3S(=O)(=O)O)c2c1. The van der Waals surface area contributed by atoms with Crippen molar-refractivity contribution in [3.05, 3.63) is 54.2 Å². The number of fused-ring (bicyclic) bond motifs is 1. The Morgan fingerprint density at radius 3 is 2.75 bits per heavy atom. The molecule has 0 saturated heterocycles. The molecule has 0 aliphatic rings. The molecule has 0 saturated carbocycles. The number of H-pyrrole nitrogens is 1. The molecule has 9 nitrogen and oxygen atoms in total. The first kappa shape index (κ1) is 23.6. The summed E-state index contributed by atoms with van der Waals surface area (Å²) in [6.45, 7) is 0.701. The summed E-state index contributed by atoms with van der Waals surface area (Å²) in [6, 6.07) is 11.0. The summed E-state index contributed by atoms with van der Waals surface area (Å²) >= 11 is 0. The average Bonchev–Trinajstić information content (AvgIpc) is 3.18. The molecule has 2 aromatic carbocycles. The molecular formula is C22H27N3O6S. The molecule has 0 bridgehead atoms. The number of unbranched alkanes of at least 4 members (excludes halogenated alkanes) is 1. The molecule has 3 aromatic rings. The van der Waals surface area contributed by atoms with Gasteiger partial charge in [-0.1, -0.05) is 18.6 Å². The van der Waals surface area contributed by atoms with Gasteiger partial charge in [0.05, 0.1) is 12.7 Å². The Balaban J connectivity index is 1.41. The fraction of sp³-hybridized carbons (Fsp3) is 0.318. The van der Waals surface area contributed by atoms with Crippen molar-refractivity contribution >= 4 is 26.9 Å². The highest BCUT2D eigenvalue weighted by atomic mass is 32.2. The molecular weight excluding hydrogens is 434 g/mol. The maximum absolute atomic E-state index is 12.3. The smallest absolute Gasteiger partial charge is 0.295 e. The van der Waals surface area contributed by atoms with Crippen molar-refractivity contribution in [2.45, 2.75) is 30.2 Å². The van der Waals surface area contributed by atoms with E-state index >= 15 is 0 Å². The minimum Gasteiger partial charge on any atom is -0.497 e. The minimum atomic E-state index is -4.47. The zero-order valence-corrected chi connectivity index (χ0v) is 18.5. The maximum atomic E-state index is 12.3. The van der Waals surface area contributed by atoms with Gasteiger partial charge in [-0.05, 0) is 43.2 Å². The van der Waals surface area contributed by atoms with Crippen LogP contribution < -0.4 is 20.5 Å². The Morgan fingerprint density at radius 1 is 1.22 bits per heavy atom. The number of methoxy groups -OCH3 is 1. The molecule has 172 valence electrons. The third kappa shape index (κ3) is 6.00. The number of benzene rings is 2. The van der Waals surface area contributed by atoms with Gasteiger partial charge in [0, 0.05) is 29.7 Å². The molecule has 0 aliphatic carbocycles. The maximum Gasteiger partial charge on any atom is 0.295 e. The summed E-state index contributed by atoms with van der Waals surface area (Å²) in [7, 11) is -2.86. The highest BCUT2D eigenvalue weighted by Gasteiger charge is 2.19. The lowest BCUT2D eigenvalue weighted by atomic mass is 10.1. The van der Waals surface area contributed by atoms with Crippen LogP contribution in [-0.2, 0) is 10.1 Å². The fourth-order valence-electron chi connectivity index (χ4n) is 3.31. The normalized spacial score (nSPS) is 12.5. The topological polar surface area (TPSA) is 144 Å². The highest BCUT2D eigenvalue weighted by molar-refractivity contribution is 7.86. The van der Waals surface area contributed by atoms with Crippen molar-refractivity contribution in [2.24, 2.45) is 5.73 Å². The zero-order chi connectivity index (χ0) is 23.1. The first-order valence-corrected chi connectivity index (χ1v) is 11.6. The van der Waals surface area contributed by atoms with Gasteiger partial charge in [-0.3, -0.25) is 9.35 Å². The van der Waals surface area contributed by atoms with E-state index < -0.39 is 20.9 Å². The average molecular weight is 462 g/mol. The van der Waals surface area contributed by atoms with Gasteiger partial charge >= 0.3 is 0 Å². The molecule has 5 N–H and O–H groups in total. The minimum absolute atomic E-state index is 0.0875. The van der Waals surface area contributed by atoms with Crippen molar-refractivity contribution in [2.75, 3.05) is 20.3 Å². The number of rotatable bonds is 11. The van der Waals surface area contributed by atoms with E-state index in [0.717, 1.165) is 23.1 Å². The van der Waals surface area contributed by atoms with Crippen molar-refractivity contribution in [3.8, 4) is 11.5 Å². The fourth-order valence-corrected chi connectivity index (χ4v) is 4.00. The monoisotopic (exact) mass is 461 g/mol. The van der Waals surface area contributed by atoms with Crippen LogP contribution in [0.5, 0.6) is 11.5 Å². The van der Waals surface area contributed by atoms with Crippen molar-refractivity contribution in [3.63, 3.8) is 0 Å². The van der Waals surface area contributed by atoms with Gasteiger partial charge in [-0.2, -0.15) is 8.42 Å². The summed E-state index contributed by atoms with van der Waals surface area (Å²) in [5.74, 6) is 0.896. The summed E-state index contributed by atoms with van der Waals surface area (Å²) < 4.78 is 43.2. The second-order valence-electron chi connectivity index (χ2n) is 7.36. The van der Waals surface area contributed by atoms with Gasteiger partial charge in [-0.15, -0.1) is 0 Å². The number of nitrogens with one attached hydrogen (secondary N) is 2. The van der Waals surface area contributed by atoms with Crippen LogP contribution >= 0.6 is 0 Å². The van der Waals surface area contributed by atoms with E-state index in [0.29, 0.717) is 31.7 Å². The van der Waals surface area contributed by atoms with E-state index in [2.05, 4.69) is 10.3 Å². The Morgan fingerprint density at radius 2 is 2.00 bits per heavy atom. The van der Waals surface area contributed by atoms with Gasteiger partial charge < -0.3 is 25.5 Å². The molecule has 32 heavy (non-hydrogen) atoms. The molecule has 1 aromatic heterocycles. The van der Waals surface area contributed by atoms with E-state index in [1.165, 1.54) is 24.3 Å². The Bertz CT molecular complexity index is 1180. The number of hydrogen-bond acceptors (Lipinski definition) is 6. The van der Waals surface area contributed by atoms with Crippen molar-refractivity contribution < 1.29 is 27.2 Å². The van der Waals surface area contributed by atoms with E-state index in [1.807, 2.05) is 18.2 Å². The van der Waals surface area contributed by atoms with E-state index in [-0.39, 0.29) is 11.6 Å². The van der Waals surface area contributed by atoms with Crippen LogP contribution in [0, 0.1) is 0 Å². The second-order valence-corrected chi connectivity index (χ2v) is 8.75. The quantitative estimate of drug-likeness (QED) is 0.254. The Hall–Kier alpha value is -3.08. The third-order valence-corrected chi connectivity index (χ3v) is 5.91. The van der Waals surface area contributed by atoms with Crippen molar-refractivity contribution in [1.29, 1.82) is 0 Å². The Labute approximate surface area is 186 Å². The molecule has 1 heterocycles. The highest BCUT2D eigenvalue weighted by Crippen LogP contribution is 2.29. The number of nitrogens with two attached hydrogens (primary N) is 1. The number of aromatic amines is 1. The van der Waals surface area contributed by atoms with Gasteiger partial charge in [0.1, 0.15) is 23.0 Å². The van der Waals surface area contributed by atoms with E-state index in [4.69, 9.17) is 15.2 Å². The molecule has 3 rings (SSSR count). The van der Waals surface area contributed by atoms with Gasteiger partial charge in [0.25, 0.3) is 16.0 Å². The first-order chi connectivity index (χ1) is 15.3.